The zero-order chi connectivity index (χ0) is 30.1. The van der Waals surface area contributed by atoms with Crippen molar-refractivity contribution in [2.24, 2.45) is 12.8 Å². The number of anilines is 2. The van der Waals surface area contributed by atoms with Crippen LogP contribution >= 0.6 is 0 Å². The minimum Gasteiger partial charge on any atom is -0.484 e. The lowest BCUT2D eigenvalue weighted by Crippen LogP contribution is -2.47. The minimum absolute atomic E-state index is 0.168. The van der Waals surface area contributed by atoms with Crippen LogP contribution in [0.15, 0.2) is 51.9 Å². The number of aryl methyl sites for hydroxylation is 1. The van der Waals surface area contributed by atoms with Gasteiger partial charge in [-0.2, -0.15) is 14.6 Å². The largest absolute Gasteiger partial charge is 0.484 e. The number of benzene rings is 1. The number of aromatic nitrogens is 5. The van der Waals surface area contributed by atoms with Crippen molar-refractivity contribution in [3.8, 4) is 17.2 Å². The highest BCUT2D eigenvalue weighted by atomic mass is 19.1. The fraction of sp³-hybridized carbons (Fsp3) is 0.357. The number of nitrogens with two attached hydrogens (primary N) is 2. The number of hydrogen-bond donors (Lipinski definition) is 3. The number of fused-ring (bicyclic) bond motifs is 3. The van der Waals surface area contributed by atoms with Crippen LogP contribution in [-0.4, -0.2) is 87.0 Å². The fourth-order valence-electron chi connectivity index (χ4n) is 5.37. The Morgan fingerprint density at radius 2 is 1.98 bits per heavy atom. The van der Waals surface area contributed by atoms with Crippen molar-refractivity contribution in [1.29, 1.82) is 0 Å². The molecule has 0 bridgehead atoms. The number of amides is 1. The van der Waals surface area contributed by atoms with Crippen molar-refractivity contribution < 1.29 is 18.3 Å². The van der Waals surface area contributed by atoms with Gasteiger partial charge in [-0.3, -0.25) is 18.8 Å². The molecule has 4 aromatic heterocycles. The number of rotatable bonds is 10. The number of furan rings is 1. The quantitative estimate of drug-likeness (QED) is 0.209. The molecule has 6 rings (SSSR count). The lowest BCUT2D eigenvalue weighted by Gasteiger charge is -2.36. The number of imidazole rings is 1. The molecule has 0 spiro atoms. The number of hydrogen-bond acceptors (Lipinski definition) is 10. The first kappa shape index (κ1) is 28.2. The van der Waals surface area contributed by atoms with Gasteiger partial charge in [0, 0.05) is 65.5 Å². The van der Waals surface area contributed by atoms with Gasteiger partial charge in [-0.25, -0.2) is 9.18 Å². The van der Waals surface area contributed by atoms with Gasteiger partial charge in [0.1, 0.15) is 22.8 Å². The van der Waals surface area contributed by atoms with E-state index in [1.807, 2.05) is 11.0 Å². The Morgan fingerprint density at radius 3 is 2.70 bits per heavy atom. The highest BCUT2D eigenvalue weighted by molar-refractivity contribution is 5.91. The topological polar surface area (TPSA) is 167 Å². The van der Waals surface area contributed by atoms with E-state index in [1.165, 1.54) is 10.6 Å². The molecule has 0 unspecified atom stereocenters. The highest BCUT2D eigenvalue weighted by Crippen LogP contribution is 2.27. The van der Waals surface area contributed by atoms with E-state index in [9.17, 15) is 14.0 Å². The number of carbonyl (C=O) groups is 1. The number of nitrogens with one attached hydrogen (secondary N) is 1. The second-order valence-electron chi connectivity index (χ2n) is 10.3. The van der Waals surface area contributed by atoms with Crippen LogP contribution in [0.2, 0.25) is 0 Å². The maximum absolute atomic E-state index is 14.9. The minimum atomic E-state index is -0.416. The lowest BCUT2D eigenvalue weighted by atomic mass is 10.2. The predicted octanol–water partition coefficient (Wildman–Crippen LogP) is 0.640. The Hall–Kier alpha value is -4.89. The predicted molar refractivity (Wildman–Crippen MR) is 158 cm³/mol. The number of nitrogen functional groups attached to an aromatic ring is 1. The van der Waals surface area contributed by atoms with E-state index >= 15 is 0 Å². The van der Waals surface area contributed by atoms with Gasteiger partial charge in [0.15, 0.2) is 18.0 Å². The smallest absolute Gasteiger partial charge is 0.330 e. The molecule has 5 aromatic rings. The van der Waals surface area contributed by atoms with Crippen molar-refractivity contribution in [3.05, 3.63) is 59.0 Å². The van der Waals surface area contributed by atoms with Gasteiger partial charge in [-0.05, 0) is 30.3 Å². The van der Waals surface area contributed by atoms with Gasteiger partial charge in [-0.1, -0.05) is 0 Å². The standard InChI is InChI=1S/C28H33FN10O4/c1-35-25-22-16-20(23-3-2-14-42-23)34-39(22)27(31)33-26(25)38(28(35)41)13-10-36-8-11-37(12-9-36)21-5-4-18(15-19(21)29)43-17-24(40)32-7-6-30/h2-5,14-16H,6-13,17,30H2,1H3,(H2,31,33)(H,32,40). The van der Waals surface area contributed by atoms with Gasteiger partial charge in [0.2, 0.25) is 5.95 Å². The third kappa shape index (κ3) is 5.51. The maximum Gasteiger partial charge on any atom is 0.330 e. The first-order valence-electron chi connectivity index (χ1n) is 14.0. The summed E-state index contributed by atoms with van der Waals surface area (Å²) in [7, 11) is 1.71. The molecule has 226 valence electrons. The summed E-state index contributed by atoms with van der Waals surface area (Å²) in [4.78, 5) is 33.7. The molecule has 1 saturated heterocycles. The van der Waals surface area contributed by atoms with E-state index in [-0.39, 0.29) is 29.9 Å². The molecule has 0 saturated carbocycles. The van der Waals surface area contributed by atoms with Crippen molar-refractivity contribution in [2.45, 2.75) is 6.54 Å². The Labute approximate surface area is 245 Å². The molecule has 0 radical (unpaired) electrons. The number of carbonyl (C=O) groups excluding carboxylic acids is 1. The summed E-state index contributed by atoms with van der Waals surface area (Å²) in [6.07, 6.45) is 1.57. The summed E-state index contributed by atoms with van der Waals surface area (Å²) in [5.74, 6) is 0.308. The van der Waals surface area contributed by atoms with Crippen LogP contribution in [-0.2, 0) is 18.4 Å². The molecule has 1 aromatic carbocycles. The summed E-state index contributed by atoms with van der Waals surface area (Å²) < 4.78 is 30.5. The van der Waals surface area contributed by atoms with Crippen molar-refractivity contribution >= 4 is 34.2 Å². The van der Waals surface area contributed by atoms with Gasteiger partial charge in [-0.15, -0.1) is 0 Å². The maximum atomic E-state index is 14.9. The second-order valence-corrected chi connectivity index (χ2v) is 10.3. The van der Waals surface area contributed by atoms with Crippen molar-refractivity contribution in [2.75, 3.05) is 63.1 Å². The van der Waals surface area contributed by atoms with E-state index < -0.39 is 5.82 Å². The molecule has 1 aliphatic heterocycles. The van der Waals surface area contributed by atoms with Gasteiger partial charge >= 0.3 is 5.69 Å². The Morgan fingerprint density at radius 1 is 1.16 bits per heavy atom. The van der Waals surface area contributed by atoms with E-state index in [0.29, 0.717) is 86.2 Å². The van der Waals surface area contributed by atoms with Crippen LogP contribution < -0.4 is 32.1 Å². The zero-order valence-corrected chi connectivity index (χ0v) is 23.7. The first-order chi connectivity index (χ1) is 20.8. The molecule has 14 nitrogen and oxygen atoms in total. The third-order valence-electron chi connectivity index (χ3n) is 7.59. The molecular weight excluding hydrogens is 559 g/mol. The monoisotopic (exact) mass is 592 g/mol. The highest BCUT2D eigenvalue weighted by Gasteiger charge is 2.23. The molecule has 5 N–H and O–H groups in total. The SMILES string of the molecule is Cn1c(=O)n(CCN2CCN(c3ccc(OCC(=O)NCCN)cc3F)CC2)c2nc(N)n3nc(-c4ccco4)cc3c21. The fourth-order valence-corrected chi connectivity index (χ4v) is 5.37. The van der Waals surface area contributed by atoms with Gasteiger partial charge < -0.3 is 30.8 Å². The molecule has 43 heavy (non-hydrogen) atoms. The molecule has 1 fully saturated rings. The number of halogens is 1. The lowest BCUT2D eigenvalue weighted by molar-refractivity contribution is -0.123. The molecule has 5 heterocycles. The second kappa shape index (κ2) is 11.8. The Bertz CT molecular complexity index is 1820. The summed E-state index contributed by atoms with van der Waals surface area (Å²) in [5.41, 5.74) is 14.3. The average Bonchev–Trinajstić information content (AvgIpc) is 3.74. The first-order valence-corrected chi connectivity index (χ1v) is 14.0. The molecular formula is C28H33FN10O4. The van der Waals surface area contributed by atoms with Crippen LogP contribution in [0.1, 0.15) is 0 Å². The summed E-state index contributed by atoms with van der Waals surface area (Å²) in [6.45, 7) is 4.10. The molecule has 15 heteroatoms. The van der Waals surface area contributed by atoms with Crippen LogP contribution in [0.3, 0.4) is 0 Å². The normalized spacial score (nSPS) is 14.2. The number of ether oxygens (including phenoxy) is 1. The van der Waals surface area contributed by atoms with Crippen LogP contribution in [0.4, 0.5) is 16.0 Å². The van der Waals surface area contributed by atoms with E-state index in [4.69, 9.17) is 20.6 Å². The van der Waals surface area contributed by atoms with Gasteiger partial charge in [0.25, 0.3) is 5.91 Å². The van der Waals surface area contributed by atoms with E-state index in [0.717, 1.165) is 0 Å². The summed E-state index contributed by atoms with van der Waals surface area (Å²) in [6, 6.07) is 10.0. The van der Waals surface area contributed by atoms with E-state index in [2.05, 4.69) is 20.3 Å². The van der Waals surface area contributed by atoms with Crippen molar-refractivity contribution in [1.82, 2.24) is 33.9 Å². The molecule has 0 aliphatic carbocycles. The number of nitrogens with zero attached hydrogens (tertiary/aromatic N) is 7. The third-order valence-corrected chi connectivity index (χ3v) is 7.59. The van der Waals surface area contributed by atoms with Crippen LogP contribution in [0.25, 0.3) is 28.1 Å². The number of piperazine rings is 1. The average molecular weight is 593 g/mol. The van der Waals surface area contributed by atoms with Crippen molar-refractivity contribution in [3.63, 3.8) is 0 Å². The molecule has 1 aliphatic rings. The summed E-state index contributed by atoms with van der Waals surface area (Å²) >= 11 is 0. The van der Waals surface area contributed by atoms with Crippen LogP contribution in [0.5, 0.6) is 5.75 Å². The van der Waals surface area contributed by atoms with E-state index in [1.54, 1.807) is 46.7 Å². The van der Waals surface area contributed by atoms with Crippen LogP contribution in [0, 0.1) is 5.82 Å². The zero-order valence-electron chi connectivity index (χ0n) is 23.7. The summed E-state index contributed by atoms with van der Waals surface area (Å²) in [5, 5.41) is 7.12. The van der Waals surface area contributed by atoms with Gasteiger partial charge in [0.05, 0.1) is 17.5 Å². The molecule has 0 atom stereocenters. The Balaban J connectivity index is 1.11. The molecule has 1 amide bonds. The Kier molecular flexibility index (Phi) is 7.73.